The zero-order valence-corrected chi connectivity index (χ0v) is 23.1. The van der Waals surface area contributed by atoms with Crippen molar-refractivity contribution in [3.8, 4) is 28.3 Å². The van der Waals surface area contributed by atoms with E-state index in [1.54, 1.807) is 12.1 Å². The minimum Gasteiger partial charge on any atom is -0.435 e. The van der Waals surface area contributed by atoms with E-state index in [0.717, 1.165) is 30.5 Å². The summed E-state index contributed by atoms with van der Waals surface area (Å²) in [5.74, 6) is -3.47. The standard InChI is InChI=1S/C25H15ClF5N7O5S/c26-21-18(38(43-23(39)25(29,30)31)44(40,41)16-3-1-2-15(11-16)42-24(27)28)10-14(12-34-21)17-4-5-19-35-22(32)20(37(19)36-17)13-6-8-33-9-7-13/h1-12,24H,32H2. The predicted molar refractivity (Wildman–Crippen MR) is 144 cm³/mol. The van der Waals surface area contributed by atoms with E-state index in [-0.39, 0.29) is 17.1 Å². The van der Waals surface area contributed by atoms with Gasteiger partial charge in [-0.2, -0.15) is 35.5 Å². The zero-order valence-electron chi connectivity index (χ0n) is 21.5. The molecule has 19 heteroatoms. The maximum atomic E-state index is 13.5. The molecule has 4 heterocycles. The molecule has 0 unspecified atom stereocenters. The molecule has 0 saturated carbocycles. The van der Waals surface area contributed by atoms with E-state index < -0.39 is 54.7 Å². The summed E-state index contributed by atoms with van der Waals surface area (Å²) < 4.78 is 97.3. The summed E-state index contributed by atoms with van der Waals surface area (Å²) >= 11 is 6.10. The van der Waals surface area contributed by atoms with Gasteiger partial charge < -0.3 is 15.3 Å². The van der Waals surface area contributed by atoms with Gasteiger partial charge in [-0.05, 0) is 42.5 Å². The Morgan fingerprint density at radius 2 is 1.77 bits per heavy atom. The van der Waals surface area contributed by atoms with E-state index in [4.69, 9.17) is 17.3 Å². The molecule has 5 rings (SSSR count). The van der Waals surface area contributed by atoms with Gasteiger partial charge in [-0.1, -0.05) is 22.1 Å². The van der Waals surface area contributed by atoms with Crippen LogP contribution in [0.4, 0.5) is 33.5 Å². The van der Waals surface area contributed by atoms with Gasteiger partial charge in [0.25, 0.3) is 10.0 Å². The molecular weight excluding hydrogens is 641 g/mol. The Balaban J connectivity index is 1.64. The number of nitrogens with two attached hydrogens (primary N) is 1. The molecule has 44 heavy (non-hydrogen) atoms. The molecule has 0 aliphatic carbocycles. The molecule has 0 fully saturated rings. The fourth-order valence-corrected chi connectivity index (χ4v) is 5.35. The van der Waals surface area contributed by atoms with Crippen molar-refractivity contribution in [2.75, 3.05) is 10.2 Å². The molecular formula is C25H15ClF5N7O5S. The quantitative estimate of drug-likeness (QED) is 0.139. The fraction of sp³-hybridized carbons (Fsp3) is 0.0800. The highest BCUT2D eigenvalue weighted by Gasteiger charge is 2.45. The number of benzene rings is 1. The average Bonchev–Trinajstić information content (AvgIpc) is 3.30. The van der Waals surface area contributed by atoms with Crippen LogP contribution in [0.15, 0.2) is 78.1 Å². The van der Waals surface area contributed by atoms with Gasteiger partial charge >= 0.3 is 18.8 Å². The maximum absolute atomic E-state index is 13.5. The van der Waals surface area contributed by atoms with Crippen LogP contribution in [0.2, 0.25) is 5.15 Å². The van der Waals surface area contributed by atoms with Gasteiger partial charge in [0.1, 0.15) is 17.1 Å². The fourth-order valence-electron chi connectivity index (χ4n) is 3.85. The number of carbonyl (C=O) groups excluding carboxylic acids is 1. The monoisotopic (exact) mass is 655 g/mol. The van der Waals surface area contributed by atoms with Crippen LogP contribution in [0.3, 0.4) is 0 Å². The summed E-state index contributed by atoms with van der Waals surface area (Å²) in [6, 6.07) is 10.5. The number of carbonyl (C=O) groups is 1. The molecule has 0 aliphatic rings. The Kier molecular flexibility index (Phi) is 7.96. The Bertz CT molecular complexity index is 1980. The number of rotatable bonds is 8. The van der Waals surface area contributed by atoms with Crippen molar-refractivity contribution in [3.63, 3.8) is 0 Å². The summed E-state index contributed by atoms with van der Waals surface area (Å²) in [6.07, 6.45) is -1.50. The topological polar surface area (TPSA) is 155 Å². The number of ether oxygens (including phenoxy) is 1. The number of pyridine rings is 2. The number of alkyl halides is 5. The van der Waals surface area contributed by atoms with Gasteiger partial charge in [0.15, 0.2) is 16.6 Å². The number of fused-ring (bicyclic) bond motifs is 1. The van der Waals surface area contributed by atoms with Gasteiger partial charge in [-0.25, -0.2) is 19.3 Å². The maximum Gasteiger partial charge on any atom is 0.493 e. The zero-order chi connectivity index (χ0) is 31.8. The number of hydrogen-bond acceptors (Lipinski definition) is 10. The normalized spacial score (nSPS) is 12.0. The minimum atomic E-state index is -5.65. The first-order valence-corrected chi connectivity index (χ1v) is 13.7. The number of nitrogen functional groups attached to an aromatic ring is 1. The Labute approximate surface area is 248 Å². The second kappa shape index (κ2) is 11.5. The minimum absolute atomic E-state index is 0.00251. The van der Waals surface area contributed by atoms with E-state index in [1.165, 1.54) is 29.0 Å². The number of anilines is 2. The van der Waals surface area contributed by atoms with Gasteiger partial charge in [0.05, 0.1) is 10.6 Å². The van der Waals surface area contributed by atoms with Crippen LogP contribution >= 0.6 is 11.6 Å². The molecule has 0 amide bonds. The van der Waals surface area contributed by atoms with Gasteiger partial charge in [-0.3, -0.25) is 4.98 Å². The van der Waals surface area contributed by atoms with E-state index in [1.807, 2.05) is 0 Å². The highest BCUT2D eigenvalue weighted by atomic mass is 35.5. The Morgan fingerprint density at radius 3 is 2.45 bits per heavy atom. The third-order valence-corrected chi connectivity index (χ3v) is 7.56. The highest BCUT2D eigenvalue weighted by Crippen LogP contribution is 2.35. The summed E-state index contributed by atoms with van der Waals surface area (Å²) in [4.78, 5) is 27.3. The third kappa shape index (κ3) is 6.02. The number of aromatic nitrogens is 5. The highest BCUT2D eigenvalue weighted by molar-refractivity contribution is 7.92. The molecule has 12 nitrogen and oxygen atoms in total. The van der Waals surface area contributed by atoms with Crippen LogP contribution in [-0.4, -0.2) is 51.7 Å². The van der Waals surface area contributed by atoms with E-state index in [0.29, 0.717) is 23.0 Å². The molecule has 0 spiro atoms. The van der Waals surface area contributed by atoms with Crippen molar-refractivity contribution >= 4 is 44.7 Å². The molecule has 5 aromatic rings. The number of imidazole rings is 1. The molecule has 0 aliphatic heterocycles. The van der Waals surface area contributed by atoms with Gasteiger partial charge in [0, 0.05) is 35.8 Å². The van der Waals surface area contributed by atoms with Crippen LogP contribution < -0.4 is 14.9 Å². The van der Waals surface area contributed by atoms with Gasteiger partial charge in [0.2, 0.25) is 0 Å². The first-order valence-electron chi connectivity index (χ1n) is 11.9. The smallest absolute Gasteiger partial charge is 0.435 e. The first-order chi connectivity index (χ1) is 20.8. The molecule has 4 aromatic heterocycles. The van der Waals surface area contributed by atoms with Gasteiger partial charge in [-0.15, -0.1) is 0 Å². The van der Waals surface area contributed by atoms with E-state index in [9.17, 15) is 35.2 Å². The molecule has 0 bridgehead atoms. The second-order valence-corrected chi connectivity index (χ2v) is 10.7. The largest absolute Gasteiger partial charge is 0.493 e. The molecule has 0 radical (unpaired) electrons. The molecule has 1 aromatic carbocycles. The number of sulfonamides is 1. The summed E-state index contributed by atoms with van der Waals surface area (Å²) in [7, 11) is -5.28. The first kappa shape index (κ1) is 30.4. The van der Waals surface area contributed by atoms with Crippen molar-refractivity contribution < 1.29 is 44.7 Å². The van der Waals surface area contributed by atoms with Crippen LogP contribution in [0, 0.1) is 0 Å². The van der Waals surface area contributed by atoms with Crippen LogP contribution in [-0.2, 0) is 19.7 Å². The lowest BCUT2D eigenvalue weighted by atomic mass is 10.2. The van der Waals surface area contributed by atoms with Crippen LogP contribution in [0.25, 0.3) is 28.2 Å². The van der Waals surface area contributed by atoms with Crippen molar-refractivity contribution in [3.05, 3.63) is 78.3 Å². The third-order valence-electron chi connectivity index (χ3n) is 5.72. The molecule has 0 atom stereocenters. The summed E-state index contributed by atoms with van der Waals surface area (Å²) in [5, 5.41) is 3.75. The predicted octanol–water partition coefficient (Wildman–Crippen LogP) is 4.91. The number of nitrogens with zero attached hydrogens (tertiary/aromatic N) is 6. The van der Waals surface area contributed by atoms with Crippen molar-refractivity contribution in [2.45, 2.75) is 17.7 Å². The SMILES string of the molecule is Nc1nc2ccc(-c3cnc(Cl)c(N(OC(=O)C(F)(F)F)S(=O)(=O)c4cccc(OC(F)F)c4)c3)nn2c1-c1ccncc1. The molecule has 2 N–H and O–H groups in total. The molecule has 0 saturated heterocycles. The summed E-state index contributed by atoms with van der Waals surface area (Å²) in [5.41, 5.74) is 6.62. The number of hydrogen-bond donors (Lipinski definition) is 1. The summed E-state index contributed by atoms with van der Waals surface area (Å²) in [6.45, 7) is -3.35. The van der Waals surface area contributed by atoms with Crippen LogP contribution in [0.1, 0.15) is 0 Å². The number of halogens is 6. The second-order valence-electron chi connectivity index (χ2n) is 8.57. The van der Waals surface area contributed by atoms with Crippen molar-refractivity contribution in [1.82, 2.24) is 24.6 Å². The molecule has 228 valence electrons. The van der Waals surface area contributed by atoms with Crippen molar-refractivity contribution in [2.24, 2.45) is 0 Å². The van der Waals surface area contributed by atoms with Crippen molar-refractivity contribution in [1.29, 1.82) is 0 Å². The van der Waals surface area contributed by atoms with E-state index >= 15 is 0 Å². The Hall–Kier alpha value is -5.10. The lowest BCUT2D eigenvalue weighted by Gasteiger charge is -2.24. The lowest BCUT2D eigenvalue weighted by Crippen LogP contribution is -2.39. The lowest BCUT2D eigenvalue weighted by molar-refractivity contribution is -0.199. The van der Waals surface area contributed by atoms with Crippen LogP contribution in [0.5, 0.6) is 5.75 Å². The van der Waals surface area contributed by atoms with E-state index in [2.05, 4.69) is 29.6 Å². The average molecular weight is 656 g/mol. The Morgan fingerprint density at radius 1 is 1.05 bits per heavy atom.